The second-order valence-corrected chi connectivity index (χ2v) is 14.7. The number of benzene rings is 4. The molecule has 0 bridgehead atoms. The van der Waals surface area contributed by atoms with Gasteiger partial charge < -0.3 is 19.8 Å². The number of fused-ring (bicyclic) bond motifs is 1. The monoisotopic (exact) mass is 765 g/mol. The molecule has 6 rings (SSSR count). The van der Waals surface area contributed by atoms with Gasteiger partial charge >= 0.3 is 18.1 Å². The van der Waals surface area contributed by atoms with E-state index in [-0.39, 0.29) is 37.7 Å². The van der Waals surface area contributed by atoms with Crippen molar-refractivity contribution >= 4 is 44.3 Å². The number of carbonyl (C=O) groups is 2. The van der Waals surface area contributed by atoms with Crippen molar-refractivity contribution in [1.82, 2.24) is 14.7 Å². The molecule has 9 nitrogen and oxygen atoms in total. The van der Waals surface area contributed by atoms with Crippen LogP contribution in [0.1, 0.15) is 31.2 Å². The van der Waals surface area contributed by atoms with Crippen LogP contribution in [0.5, 0.6) is 5.75 Å². The first-order chi connectivity index (χ1) is 24.6. The van der Waals surface area contributed by atoms with Gasteiger partial charge in [0, 0.05) is 36.8 Å². The number of nitrogens with zero attached hydrogens (tertiary/aromatic N) is 2. The number of halogens is 6. The third-order valence-electron chi connectivity index (χ3n) is 8.99. The number of piperazine rings is 1. The molecular weight excluding hydrogens is 733 g/mol. The molecular formula is C36H33ClF5N3O6S. The van der Waals surface area contributed by atoms with Gasteiger partial charge in [0.1, 0.15) is 5.75 Å². The zero-order valence-corrected chi connectivity index (χ0v) is 29.0. The lowest BCUT2D eigenvalue weighted by Crippen LogP contribution is -2.61. The van der Waals surface area contributed by atoms with Gasteiger partial charge in [-0.3, -0.25) is 4.79 Å². The molecule has 0 spiro atoms. The van der Waals surface area contributed by atoms with Gasteiger partial charge in [0.25, 0.3) is 15.9 Å². The smallest absolute Gasteiger partial charge is 0.490 e. The van der Waals surface area contributed by atoms with Crippen molar-refractivity contribution < 1.29 is 49.5 Å². The highest BCUT2D eigenvalue weighted by Gasteiger charge is 2.58. The van der Waals surface area contributed by atoms with Crippen molar-refractivity contribution in [3.05, 3.63) is 95.5 Å². The van der Waals surface area contributed by atoms with Crippen LogP contribution in [0.2, 0.25) is 5.02 Å². The van der Waals surface area contributed by atoms with E-state index in [0.29, 0.717) is 27.3 Å². The lowest BCUT2D eigenvalue weighted by atomic mass is 9.97. The van der Waals surface area contributed by atoms with Crippen molar-refractivity contribution in [2.45, 2.75) is 54.8 Å². The van der Waals surface area contributed by atoms with E-state index in [1.165, 1.54) is 24.3 Å². The van der Waals surface area contributed by atoms with Gasteiger partial charge in [-0.1, -0.05) is 60.1 Å². The van der Waals surface area contributed by atoms with E-state index in [0.717, 1.165) is 54.8 Å². The molecule has 1 saturated heterocycles. The van der Waals surface area contributed by atoms with Crippen molar-refractivity contribution in [3.63, 3.8) is 0 Å². The van der Waals surface area contributed by atoms with Gasteiger partial charge in [0.05, 0.1) is 11.0 Å². The average Bonchev–Trinajstić information content (AvgIpc) is 3.64. The summed E-state index contributed by atoms with van der Waals surface area (Å²) in [5.74, 6) is -8.71. The number of hydroxylamine groups is 1. The van der Waals surface area contributed by atoms with Gasteiger partial charge in [-0.05, 0) is 88.4 Å². The number of hydrogen-bond acceptors (Lipinski definition) is 7. The van der Waals surface area contributed by atoms with Crippen molar-refractivity contribution in [1.29, 1.82) is 0 Å². The number of ether oxygens (including phenoxy) is 1. The van der Waals surface area contributed by atoms with Crippen molar-refractivity contribution in [2.75, 3.05) is 26.2 Å². The molecule has 4 aromatic carbocycles. The van der Waals surface area contributed by atoms with Crippen LogP contribution in [0.4, 0.5) is 22.0 Å². The lowest BCUT2D eigenvalue weighted by Gasteiger charge is -2.37. The Hall–Kier alpha value is -4.31. The average molecular weight is 766 g/mol. The zero-order valence-electron chi connectivity index (χ0n) is 27.4. The third-order valence-corrected chi connectivity index (χ3v) is 10.9. The predicted molar refractivity (Wildman–Crippen MR) is 182 cm³/mol. The minimum Gasteiger partial charge on any atom is -0.490 e. The van der Waals surface area contributed by atoms with Crippen molar-refractivity contribution in [3.8, 4) is 16.9 Å². The number of amides is 1. The summed E-state index contributed by atoms with van der Waals surface area (Å²) in [5.41, 5.74) is 0.113. The highest BCUT2D eigenvalue weighted by atomic mass is 35.5. The number of hydrogen-bond donors (Lipinski definition) is 1. The SMILES string of the molecule is O=C([C@H](N(OC(=O)C(F)(F)F)S(=O)(=O)c1ccc2cc(OC3CCCC3)ccc2c1)C(F)(F)c1ccc(-c2ccc(Cl)cc2)cc1)N1CCNCC1. The molecule has 0 aromatic heterocycles. The number of nitrogens with one attached hydrogen (secondary N) is 1. The maximum Gasteiger partial charge on any atom is 0.492 e. The summed E-state index contributed by atoms with van der Waals surface area (Å²) in [7, 11) is -5.60. The number of sulfonamides is 1. The second-order valence-electron chi connectivity index (χ2n) is 12.5. The fourth-order valence-electron chi connectivity index (χ4n) is 6.23. The molecule has 2 aliphatic rings. The molecule has 1 amide bonds. The normalized spacial score (nSPS) is 16.6. The van der Waals surface area contributed by atoms with E-state index in [2.05, 4.69) is 10.2 Å². The Morgan fingerprint density at radius 2 is 1.40 bits per heavy atom. The molecule has 2 fully saturated rings. The van der Waals surface area contributed by atoms with E-state index in [4.69, 9.17) is 16.3 Å². The van der Waals surface area contributed by atoms with Gasteiger partial charge in [0.15, 0.2) is 0 Å². The summed E-state index contributed by atoms with van der Waals surface area (Å²) in [6, 6.07) is 15.6. The zero-order chi connectivity index (χ0) is 37.3. The summed E-state index contributed by atoms with van der Waals surface area (Å²) in [6.07, 6.45) is -1.97. The quantitative estimate of drug-likeness (QED) is 0.136. The lowest BCUT2D eigenvalue weighted by molar-refractivity contribution is -0.239. The Labute approximate surface area is 301 Å². The largest absolute Gasteiger partial charge is 0.492 e. The molecule has 1 atom stereocenters. The van der Waals surface area contributed by atoms with E-state index in [9.17, 15) is 31.2 Å². The Kier molecular flexibility index (Phi) is 10.8. The van der Waals surface area contributed by atoms with Crippen LogP contribution >= 0.6 is 11.6 Å². The van der Waals surface area contributed by atoms with Crippen LogP contribution < -0.4 is 10.1 Å². The molecule has 1 heterocycles. The number of rotatable bonds is 10. The van der Waals surface area contributed by atoms with Crippen LogP contribution in [0.3, 0.4) is 0 Å². The molecule has 1 saturated carbocycles. The first-order valence-corrected chi connectivity index (χ1v) is 18.2. The highest BCUT2D eigenvalue weighted by Crippen LogP contribution is 2.40. The molecule has 1 aliphatic heterocycles. The predicted octanol–water partition coefficient (Wildman–Crippen LogP) is 7.09. The highest BCUT2D eigenvalue weighted by molar-refractivity contribution is 7.89. The minimum atomic E-state index is -5.81. The number of carbonyl (C=O) groups excluding carboxylic acids is 2. The molecule has 4 aromatic rings. The van der Waals surface area contributed by atoms with E-state index < -0.39 is 55.0 Å². The minimum absolute atomic E-state index is 0.0226. The molecule has 276 valence electrons. The fourth-order valence-corrected chi connectivity index (χ4v) is 7.75. The van der Waals surface area contributed by atoms with Crippen molar-refractivity contribution in [2.24, 2.45) is 0 Å². The summed E-state index contributed by atoms with van der Waals surface area (Å²) in [6.45, 7) is -0.0927. The van der Waals surface area contributed by atoms with E-state index >= 15 is 8.78 Å². The molecule has 16 heteroatoms. The molecule has 52 heavy (non-hydrogen) atoms. The van der Waals surface area contributed by atoms with Crippen LogP contribution in [0.15, 0.2) is 89.8 Å². The molecule has 0 unspecified atom stereocenters. The van der Waals surface area contributed by atoms with Crippen LogP contribution in [0, 0.1) is 0 Å². The first-order valence-electron chi connectivity index (χ1n) is 16.4. The van der Waals surface area contributed by atoms with Gasteiger partial charge in [-0.25, -0.2) is 13.2 Å². The van der Waals surface area contributed by atoms with Crippen LogP contribution in [-0.2, 0) is 30.4 Å². The van der Waals surface area contributed by atoms with Crippen LogP contribution in [-0.4, -0.2) is 74.2 Å². The summed E-state index contributed by atoms with van der Waals surface area (Å²) in [4.78, 5) is 30.7. The summed E-state index contributed by atoms with van der Waals surface area (Å²) < 4.78 is 108. The summed E-state index contributed by atoms with van der Waals surface area (Å²) >= 11 is 5.95. The Morgan fingerprint density at radius 1 is 0.827 bits per heavy atom. The maximum absolute atomic E-state index is 16.8. The summed E-state index contributed by atoms with van der Waals surface area (Å²) in [5, 5.41) is 4.09. The molecule has 1 aliphatic carbocycles. The fraction of sp³-hybridized carbons (Fsp3) is 0.333. The Bertz CT molecular complexity index is 2040. The second kappa shape index (κ2) is 15.0. The van der Waals surface area contributed by atoms with Crippen LogP contribution in [0.25, 0.3) is 21.9 Å². The first kappa shape index (κ1) is 37.4. The Morgan fingerprint density at radius 3 is 2.02 bits per heavy atom. The van der Waals surface area contributed by atoms with Gasteiger partial charge in [0.2, 0.25) is 6.04 Å². The van der Waals surface area contributed by atoms with Gasteiger partial charge in [-0.2, -0.15) is 22.0 Å². The maximum atomic E-state index is 16.8. The molecule has 0 radical (unpaired) electrons. The standard InChI is InChI=1S/C36H33ClF5N3O6S/c37-28-13-7-24(8-14-28)23-5-11-27(12-6-23)35(38,39)32(33(46)44-19-17-43-18-20-44)45(51-34(47)36(40,41)42)52(48,49)31-16-10-25-21-30(15-9-26(25)22-31)50-29-3-1-2-4-29/h5-16,21-22,29,32,43H,1-4,17-20H2/t32-/m0/s1. The van der Waals surface area contributed by atoms with Gasteiger partial charge in [-0.15, -0.1) is 0 Å². The van der Waals surface area contributed by atoms with E-state index in [1.54, 1.807) is 36.4 Å². The topological polar surface area (TPSA) is 105 Å². The Balaban J connectivity index is 1.43. The number of alkyl halides is 5. The van der Waals surface area contributed by atoms with E-state index in [1.807, 2.05) is 0 Å². The molecule has 1 N–H and O–H groups in total. The third kappa shape index (κ3) is 8.02.